The lowest BCUT2D eigenvalue weighted by Crippen LogP contribution is -2.39. The Labute approximate surface area is 68.5 Å². The summed E-state index contributed by atoms with van der Waals surface area (Å²) in [6.07, 6.45) is 2.73. The van der Waals surface area contributed by atoms with Crippen LogP contribution in [-0.2, 0) is 0 Å². The lowest BCUT2D eigenvalue weighted by Gasteiger charge is -2.18. The van der Waals surface area contributed by atoms with E-state index in [0.717, 1.165) is 12.4 Å². The predicted octanol–water partition coefficient (Wildman–Crippen LogP) is 1.37. The molecule has 0 bridgehead atoms. The molecular formula is C8H17N3. The molecule has 0 aliphatic carbocycles. The molecule has 3 heteroatoms. The maximum atomic E-state index is 4.35. The van der Waals surface area contributed by atoms with E-state index in [9.17, 15) is 0 Å². The summed E-state index contributed by atoms with van der Waals surface area (Å²) >= 11 is 0. The van der Waals surface area contributed by atoms with Gasteiger partial charge in [0.15, 0.2) is 0 Å². The Hall–Kier alpha value is -0.570. The molecule has 3 nitrogen and oxygen atoms in total. The average Bonchev–Trinajstić information content (AvgIpc) is 2.26. The summed E-state index contributed by atoms with van der Waals surface area (Å²) in [5.41, 5.74) is 3.27. The number of hydrogen-bond donors (Lipinski definition) is 1. The highest BCUT2D eigenvalue weighted by Crippen LogP contribution is 2.03. The van der Waals surface area contributed by atoms with Gasteiger partial charge in [0.05, 0.1) is 0 Å². The van der Waals surface area contributed by atoms with Gasteiger partial charge < -0.3 is 0 Å². The summed E-state index contributed by atoms with van der Waals surface area (Å²) in [5.74, 6) is 1.12. The number of nitrogens with zero attached hydrogens (tertiary/aromatic N) is 2. The third-order valence-electron chi connectivity index (χ3n) is 1.85. The SMILES string of the molecule is CCCCN1NC(C)N=C1C. The summed E-state index contributed by atoms with van der Waals surface area (Å²) in [6.45, 7) is 7.39. The van der Waals surface area contributed by atoms with Crippen molar-refractivity contribution in [3.05, 3.63) is 0 Å². The van der Waals surface area contributed by atoms with Crippen molar-refractivity contribution in [1.29, 1.82) is 0 Å². The second-order valence-electron chi connectivity index (χ2n) is 2.99. The molecule has 1 N–H and O–H groups in total. The first kappa shape index (κ1) is 8.53. The first-order valence-corrected chi connectivity index (χ1v) is 4.32. The highest BCUT2D eigenvalue weighted by molar-refractivity contribution is 5.80. The molecule has 1 unspecified atom stereocenters. The zero-order valence-electron chi connectivity index (χ0n) is 7.59. The van der Waals surface area contributed by atoms with E-state index < -0.39 is 0 Å². The van der Waals surface area contributed by atoms with E-state index in [0.29, 0.717) is 0 Å². The van der Waals surface area contributed by atoms with Gasteiger partial charge in [-0.05, 0) is 20.3 Å². The van der Waals surface area contributed by atoms with Crippen LogP contribution >= 0.6 is 0 Å². The van der Waals surface area contributed by atoms with Crippen molar-refractivity contribution in [2.24, 2.45) is 4.99 Å². The molecule has 0 aromatic heterocycles. The molecule has 64 valence electrons. The van der Waals surface area contributed by atoms with Crippen molar-refractivity contribution in [2.75, 3.05) is 6.54 Å². The maximum Gasteiger partial charge on any atom is 0.116 e. The third kappa shape index (κ3) is 2.19. The van der Waals surface area contributed by atoms with Gasteiger partial charge in [-0.15, -0.1) is 0 Å². The van der Waals surface area contributed by atoms with Crippen molar-refractivity contribution in [3.8, 4) is 0 Å². The summed E-state index contributed by atoms with van der Waals surface area (Å²) < 4.78 is 0. The molecule has 0 spiro atoms. The van der Waals surface area contributed by atoms with E-state index in [1.54, 1.807) is 0 Å². The van der Waals surface area contributed by atoms with Gasteiger partial charge in [0.2, 0.25) is 0 Å². The van der Waals surface area contributed by atoms with E-state index in [1.165, 1.54) is 12.8 Å². The topological polar surface area (TPSA) is 27.6 Å². The summed E-state index contributed by atoms with van der Waals surface area (Å²) in [4.78, 5) is 4.35. The highest BCUT2D eigenvalue weighted by atomic mass is 15.6. The number of aliphatic imine (C=N–C) groups is 1. The summed E-state index contributed by atoms with van der Waals surface area (Å²) in [6, 6.07) is 0. The molecule has 1 aliphatic rings. The second kappa shape index (κ2) is 3.72. The minimum Gasteiger partial charge on any atom is -0.294 e. The lowest BCUT2D eigenvalue weighted by molar-refractivity contribution is 0.300. The molecule has 1 heterocycles. The predicted molar refractivity (Wildman–Crippen MR) is 47.3 cm³/mol. The van der Waals surface area contributed by atoms with Crippen LogP contribution < -0.4 is 5.43 Å². The van der Waals surface area contributed by atoms with E-state index in [4.69, 9.17) is 0 Å². The number of unbranched alkanes of at least 4 members (excludes halogenated alkanes) is 1. The molecule has 0 aromatic rings. The normalized spacial score (nSPS) is 24.1. The van der Waals surface area contributed by atoms with Crippen LogP contribution in [0, 0.1) is 0 Å². The van der Waals surface area contributed by atoms with Crippen molar-refractivity contribution >= 4 is 5.84 Å². The number of nitrogens with one attached hydrogen (secondary N) is 1. The molecule has 1 aliphatic heterocycles. The van der Waals surface area contributed by atoms with Crippen LogP contribution in [0.3, 0.4) is 0 Å². The number of hydrogen-bond acceptors (Lipinski definition) is 3. The lowest BCUT2D eigenvalue weighted by atomic mass is 10.3. The monoisotopic (exact) mass is 155 g/mol. The van der Waals surface area contributed by atoms with Crippen LogP contribution in [0.2, 0.25) is 0 Å². The number of hydrazine groups is 1. The largest absolute Gasteiger partial charge is 0.294 e. The zero-order chi connectivity index (χ0) is 8.27. The quantitative estimate of drug-likeness (QED) is 0.666. The Balaban J connectivity index is 2.32. The molecule has 0 saturated heterocycles. The molecule has 0 radical (unpaired) electrons. The van der Waals surface area contributed by atoms with E-state index in [1.807, 2.05) is 6.92 Å². The van der Waals surface area contributed by atoms with Gasteiger partial charge >= 0.3 is 0 Å². The molecule has 0 fully saturated rings. The van der Waals surface area contributed by atoms with Gasteiger partial charge in [0.25, 0.3) is 0 Å². The van der Waals surface area contributed by atoms with Crippen LogP contribution in [0.15, 0.2) is 4.99 Å². The molecule has 0 saturated carbocycles. The first-order valence-electron chi connectivity index (χ1n) is 4.32. The van der Waals surface area contributed by atoms with Crippen LogP contribution in [0.1, 0.15) is 33.6 Å². The van der Waals surface area contributed by atoms with Gasteiger partial charge in [-0.25, -0.2) is 5.43 Å². The fourth-order valence-corrected chi connectivity index (χ4v) is 1.24. The van der Waals surface area contributed by atoms with Gasteiger partial charge in [0.1, 0.15) is 12.0 Å². The van der Waals surface area contributed by atoms with Gasteiger partial charge in [-0.2, -0.15) is 0 Å². The highest BCUT2D eigenvalue weighted by Gasteiger charge is 2.15. The molecule has 11 heavy (non-hydrogen) atoms. The van der Waals surface area contributed by atoms with Crippen LogP contribution in [-0.4, -0.2) is 23.6 Å². The van der Waals surface area contributed by atoms with E-state index >= 15 is 0 Å². The smallest absolute Gasteiger partial charge is 0.116 e. The molecule has 1 atom stereocenters. The summed E-state index contributed by atoms with van der Waals surface area (Å²) in [5, 5.41) is 2.13. The van der Waals surface area contributed by atoms with Crippen LogP contribution in [0.5, 0.6) is 0 Å². The third-order valence-corrected chi connectivity index (χ3v) is 1.85. The molecular weight excluding hydrogens is 138 g/mol. The van der Waals surface area contributed by atoms with Crippen molar-refractivity contribution < 1.29 is 0 Å². The fraction of sp³-hybridized carbons (Fsp3) is 0.875. The van der Waals surface area contributed by atoms with Gasteiger partial charge in [0, 0.05) is 6.54 Å². The molecule has 0 amide bonds. The minimum absolute atomic E-state index is 0.270. The van der Waals surface area contributed by atoms with Crippen LogP contribution in [0.25, 0.3) is 0 Å². The van der Waals surface area contributed by atoms with Gasteiger partial charge in [-0.1, -0.05) is 13.3 Å². The molecule has 0 aromatic carbocycles. The Morgan fingerprint density at radius 3 is 2.82 bits per heavy atom. The Morgan fingerprint density at radius 1 is 1.64 bits per heavy atom. The van der Waals surface area contributed by atoms with E-state index in [2.05, 4.69) is 29.3 Å². The zero-order valence-corrected chi connectivity index (χ0v) is 7.59. The molecule has 1 rings (SSSR count). The minimum atomic E-state index is 0.270. The maximum absolute atomic E-state index is 4.35. The first-order chi connectivity index (χ1) is 5.24. The Morgan fingerprint density at radius 2 is 2.36 bits per heavy atom. The van der Waals surface area contributed by atoms with Crippen molar-refractivity contribution in [3.63, 3.8) is 0 Å². The van der Waals surface area contributed by atoms with E-state index in [-0.39, 0.29) is 6.17 Å². The average molecular weight is 155 g/mol. The van der Waals surface area contributed by atoms with Crippen molar-refractivity contribution in [1.82, 2.24) is 10.4 Å². The fourth-order valence-electron chi connectivity index (χ4n) is 1.24. The number of rotatable bonds is 3. The van der Waals surface area contributed by atoms with Gasteiger partial charge in [-0.3, -0.25) is 10.0 Å². The Bertz CT molecular complexity index is 153. The van der Waals surface area contributed by atoms with Crippen molar-refractivity contribution in [2.45, 2.75) is 39.8 Å². The second-order valence-corrected chi connectivity index (χ2v) is 2.99. The number of amidine groups is 1. The van der Waals surface area contributed by atoms with Crippen LogP contribution in [0.4, 0.5) is 0 Å². The Kier molecular flexibility index (Phi) is 2.88. The standard InChI is InChI=1S/C8H17N3/c1-4-5-6-11-8(3)9-7(2)10-11/h7,10H,4-6H2,1-3H3. The summed E-state index contributed by atoms with van der Waals surface area (Å²) in [7, 11) is 0.